The Labute approximate surface area is 105 Å². The van der Waals surface area contributed by atoms with Gasteiger partial charge < -0.3 is 5.32 Å². The van der Waals surface area contributed by atoms with E-state index in [0.29, 0.717) is 12.4 Å². The van der Waals surface area contributed by atoms with Crippen molar-refractivity contribution in [3.8, 4) is 0 Å². The zero-order valence-corrected chi connectivity index (χ0v) is 10.7. The summed E-state index contributed by atoms with van der Waals surface area (Å²) in [6, 6.07) is 3.74. The summed E-state index contributed by atoms with van der Waals surface area (Å²) in [5, 5.41) is 4.92. The van der Waals surface area contributed by atoms with Crippen molar-refractivity contribution in [3.05, 3.63) is 22.4 Å². The number of carbonyl (C=O) groups excluding carboxylic acids is 1. The van der Waals surface area contributed by atoms with Crippen molar-refractivity contribution in [2.24, 2.45) is 5.41 Å². The molecule has 1 aliphatic carbocycles. The first-order valence-corrected chi connectivity index (χ1v) is 7.05. The summed E-state index contributed by atoms with van der Waals surface area (Å²) in [6.07, 6.45) is 4.76. The molecule has 0 unspecified atom stereocenters. The highest BCUT2D eigenvalue weighted by Gasteiger charge is 2.33. The molecular weight excluding hydrogens is 242 g/mol. The van der Waals surface area contributed by atoms with Gasteiger partial charge in [0.15, 0.2) is 0 Å². The third-order valence-corrected chi connectivity index (χ3v) is 4.75. The Hall–Kier alpha value is -0.540. The molecule has 4 heteroatoms. The minimum absolute atomic E-state index is 0.0337. The number of halogens is 1. The number of nitrogens with one attached hydrogen (secondary N) is 1. The van der Waals surface area contributed by atoms with E-state index in [1.54, 1.807) is 0 Å². The molecule has 88 valence electrons. The molecule has 1 aromatic heterocycles. The Balaban J connectivity index is 1.89. The standard InChI is InChI=1S/C12H16ClNOS/c13-8-12(5-1-2-6-12)9-14-11(15)10-4-3-7-16-10/h3-4,7H,1-2,5-6,8-9H2,(H,14,15). The molecule has 1 fully saturated rings. The molecule has 0 saturated heterocycles. The van der Waals surface area contributed by atoms with Gasteiger partial charge in [0.05, 0.1) is 4.88 Å². The summed E-state index contributed by atoms with van der Waals surface area (Å²) in [7, 11) is 0. The fraction of sp³-hybridized carbons (Fsp3) is 0.583. The predicted octanol–water partition coefficient (Wildman–Crippen LogP) is 3.28. The minimum atomic E-state index is 0.0337. The van der Waals surface area contributed by atoms with Gasteiger partial charge in [-0.05, 0) is 24.3 Å². The molecule has 0 aromatic carbocycles. The molecule has 0 spiro atoms. The number of rotatable bonds is 4. The van der Waals surface area contributed by atoms with Gasteiger partial charge in [0.1, 0.15) is 0 Å². The molecule has 2 rings (SSSR count). The Morgan fingerprint density at radius 2 is 2.25 bits per heavy atom. The fourth-order valence-corrected chi connectivity index (χ4v) is 3.25. The van der Waals surface area contributed by atoms with Crippen LogP contribution < -0.4 is 5.32 Å². The van der Waals surface area contributed by atoms with Crippen molar-refractivity contribution in [1.82, 2.24) is 5.32 Å². The van der Waals surface area contributed by atoms with E-state index in [0.717, 1.165) is 17.7 Å². The van der Waals surface area contributed by atoms with E-state index in [1.807, 2.05) is 17.5 Å². The minimum Gasteiger partial charge on any atom is -0.351 e. The third-order valence-electron chi connectivity index (χ3n) is 3.32. The number of hydrogen-bond acceptors (Lipinski definition) is 2. The van der Waals surface area contributed by atoms with E-state index in [-0.39, 0.29) is 11.3 Å². The molecule has 1 heterocycles. The van der Waals surface area contributed by atoms with E-state index in [9.17, 15) is 4.79 Å². The van der Waals surface area contributed by atoms with E-state index in [2.05, 4.69) is 5.32 Å². The smallest absolute Gasteiger partial charge is 0.261 e. The zero-order chi connectivity index (χ0) is 11.4. The van der Waals surface area contributed by atoms with Crippen molar-refractivity contribution in [2.45, 2.75) is 25.7 Å². The van der Waals surface area contributed by atoms with Crippen LogP contribution in [0.2, 0.25) is 0 Å². The number of carbonyl (C=O) groups is 1. The molecule has 1 N–H and O–H groups in total. The maximum atomic E-state index is 11.8. The maximum Gasteiger partial charge on any atom is 0.261 e. The first-order chi connectivity index (χ1) is 7.76. The molecule has 1 saturated carbocycles. The second-order valence-electron chi connectivity index (χ2n) is 4.50. The van der Waals surface area contributed by atoms with Gasteiger partial charge in [0.25, 0.3) is 5.91 Å². The van der Waals surface area contributed by atoms with Crippen LogP contribution in [0.15, 0.2) is 17.5 Å². The van der Waals surface area contributed by atoms with Crippen LogP contribution in [0.1, 0.15) is 35.4 Å². The van der Waals surface area contributed by atoms with Crippen molar-refractivity contribution in [3.63, 3.8) is 0 Å². The molecule has 0 aliphatic heterocycles. The van der Waals surface area contributed by atoms with Crippen LogP contribution >= 0.6 is 22.9 Å². The number of amides is 1. The van der Waals surface area contributed by atoms with E-state index in [4.69, 9.17) is 11.6 Å². The van der Waals surface area contributed by atoms with Crippen LogP contribution in [0.25, 0.3) is 0 Å². The second kappa shape index (κ2) is 5.19. The van der Waals surface area contributed by atoms with Crippen molar-refractivity contribution >= 4 is 28.8 Å². The zero-order valence-electron chi connectivity index (χ0n) is 9.17. The predicted molar refractivity (Wildman–Crippen MR) is 68.3 cm³/mol. The molecule has 1 aliphatic rings. The summed E-state index contributed by atoms with van der Waals surface area (Å²) < 4.78 is 0. The van der Waals surface area contributed by atoms with Gasteiger partial charge in [-0.1, -0.05) is 18.9 Å². The first kappa shape index (κ1) is 11.9. The lowest BCUT2D eigenvalue weighted by Gasteiger charge is -2.26. The largest absolute Gasteiger partial charge is 0.351 e. The monoisotopic (exact) mass is 257 g/mol. The van der Waals surface area contributed by atoms with E-state index < -0.39 is 0 Å². The number of hydrogen-bond donors (Lipinski definition) is 1. The SMILES string of the molecule is O=C(NCC1(CCl)CCCC1)c1cccs1. The van der Waals surface area contributed by atoms with Gasteiger partial charge in [0.2, 0.25) is 0 Å². The summed E-state index contributed by atoms with van der Waals surface area (Å²) in [5.74, 6) is 0.684. The quantitative estimate of drug-likeness (QED) is 0.824. The molecule has 16 heavy (non-hydrogen) atoms. The van der Waals surface area contributed by atoms with Gasteiger partial charge in [0, 0.05) is 17.8 Å². The van der Waals surface area contributed by atoms with E-state index in [1.165, 1.54) is 24.2 Å². The average molecular weight is 258 g/mol. The van der Waals surface area contributed by atoms with Crippen molar-refractivity contribution in [1.29, 1.82) is 0 Å². The van der Waals surface area contributed by atoms with Gasteiger partial charge in [-0.25, -0.2) is 0 Å². The molecular formula is C12H16ClNOS. The van der Waals surface area contributed by atoms with Crippen LogP contribution in [0.5, 0.6) is 0 Å². The highest BCUT2D eigenvalue weighted by molar-refractivity contribution is 7.12. The molecule has 0 bridgehead atoms. The Morgan fingerprint density at radius 3 is 2.81 bits per heavy atom. The van der Waals surface area contributed by atoms with E-state index >= 15 is 0 Å². The van der Waals surface area contributed by atoms with Gasteiger partial charge in [-0.2, -0.15) is 0 Å². The Bertz CT molecular complexity index is 344. The highest BCUT2D eigenvalue weighted by atomic mass is 35.5. The molecule has 0 radical (unpaired) electrons. The number of alkyl halides is 1. The summed E-state index contributed by atoms with van der Waals surface area (Å²) in [5.41, 5.74) is 0.147. The number of thiophene rings is 1. The van der Waals surface area contributed by atoms with Gasteiger partial charge in [-0.3, -0.25) is 4.79 Å². The van der Waals surface area contributed by atoms with Crippen LogP contribution in [0, 0.1) is 5.41 Å². The summed E-state index contributed by atoms with van der Waals surface area (Å²) >= 11 is 7.50. The first-order valence-electron chi connectivity index (χ1n) is 5.63. The molecule has 1 aromatic rings. The van der Waals surface area contributed by atoms with Gasteiger partial charge in [-0.15, -0.1) is 22.9 Å². The highest BCUT2D eigenvalue weighted by Crippen LogP contribution is 2.38. The Morgan fingerprint density at radius 1 is 1.50 bits per heavy atom. The Kier molecular flexibility index (Phi) is 3.87. The summed E-state index contributed by atoms with van der Waals surface area (Å²) in [4.78, 5) is 12.6. The van der Waals surface area contributed by atoms with Crippen LogP contribution in [-0.2, 0) is 0 Å². The lowest BCUT2D eigenvalue weighted by Crippen LogP contribution is -2.36. The molecule has 0 atom stereocenters. The third kappa shape index (κ3) is 2.58. The van der Waals surface area contributed by atoms with Crippen molar-refractivity contribution < 1.29 is 4.79 Å². The van der Waals surface area contributed by atoms with Crippen LogP contribution in [0.3, 0.4) is 0 Å². The lowest BCUT2D eigenvalue weighted by molar-refractivity contribution is 0.0939. The topological polar surface area (TPSA) is 29.1 Å². The lowest BCUT2D eigenvalue weighted by atomic mass is 9.88. The average Bonchev–Trinajstić information content (AvgIpc) is 2.98. The molecule has 1 amide bonds. The maximum absolute atomic E-state index is 11.8. The fourth-order valence-electron chi connectivity index (χ4n) is 2.25. The molecule has 2 nitrogen and oxygen atoms in total. The van der Waals surface area contributed by atoms with Gasteiger partial charge >= 0.3 is 0 Å². The van der Waals surface area contributed by atoms with Crippen LogP contribution in [-0.4, -0.2) is 18.3 Å². The second-order valence-corrected chi connectivity index (χ2v) is 5.72. The van der Waals surface area contributed by atoms with Crippen molar-refractivity contribution in [2.75, 3.05) is 12.4 Å². The normalized spacial score (nSPS) is 18.6. The summed E-state index contributed by atoms with van der Waals surface area (Å²) in [6.45, 7) is 0.716. The van der Waals surface area contributed by atoms with Crippen LogP contribution in [0.4, 0.5) is 0 Å².